The van der Waals surface area contributed by atoms with Crippen LogP contribution in [0.5, 0.6) is 52.8 Å². The van der Waals surface area contributed by atoms with Crippen LogP contribution in [0.4, 0.5) is 0 Å². The third-order valence-corrected chi connectivity index (χ3v) is 8.27. The molecule has 0 atom stereocenters. The minimum Gasteiger partial charge on any atom is -0.481 e. The van der Waals surface area contributed by atoms with Gasteiger partial charge in [0.1, 0.15) is 17.1 Å². The van der Waals surface area contributed by atoms with Gasteiger partial charge in [0.15, 0.2) is 5.75 Å². The van der Waals surface area contributed by atoms with Crippen LogP contribution in [0.2, 0.25) is 0 Å². The van der Waals surface area contributed by atoms with Gasteiger partial charge in [0.05, 0.1) is 46.7 Å². The zero-order valence-corrected chi connectivity index (χ0v) is 27.4. The number of benzene rings is 2. The molecule has 0 spiro atoms. The number of esters is 1. The molecule has 2 aromatic carbocycles. The number of carbonyl (C=O) groups excluding carboxylic acids is 1. The van der Waals surface area contributed by atoms with Crippen LogP contribution in [-0.2, 0) is 19.8 Å². The van der Waals surface area contributed by atoms with Gasteiger partial charge in [-0.3, -0.25) is 4.57 Å². The third-order valence-electron chi connectivity index (χ3n) is 5.90. The summed E-state index contributed by atoms with van der Waals surface area (Å²) in [7, 11) is 4.33. The molecule has 0 radical (unpaired) electrons. The zero-order chi connectivity index (χ0) is 32.6. The SMILES string of the molecule is COc1cc(OC)nc(Oc2ccc(CP(=O)(OC)OC)c(Oc3nc(OC)cc(OC)n3)c2C(=O)Oc2ccc(Br)cc2)n1. The normalized spacial score (nSPS) is 11.0. The quantitative estimate of drug-likeness (QED) is 0.0868. The lowest BCUT2D eigenvalue weighted by atomic mass is 10.1. The Labute approximate surface area is 266 Å². The van der Waals surface area contributed by atoms with Crippen LogP contribution in [-0.4, -0.2) is 68.6 Å². The average Bonchev–Trinajstić information content (AvgIpc) is 3.06. The number of hydrogen-bond donors (Lipinski definition) is 0. The van der Waals surface area contributed by atoms with Crippen molar-refractivity contribution in [1.29, 1.82) is 0 Å². The molecular formula is C28H28BrN4O11P. The lowest BCUT2D eigenvalue weighted by Gasteiger charge is -2.20. The fourth-order valence-corrected chi connectivity index (χ4v) is 5.00. The van der Waals surface area contributed by atoms with Crippen LogP contribution in [0.15, 0.2) is 53.0 Å². The lowest BCUT2D eigenvalue weighted by molar-refractivity contribution is 0.0728. The van der Waals surface area contributed by atoms with Crippen LogP contribution in [0, 0.1) is 0 Å². The summed E-state index contributed by atoms with van der Waals surface area (Å²) in [6.07, 6.45) is -0.335. The van der Waals surface area contributed by atoms with E-state index in [1.807, 2.05) is 0 Å². The molecule has 0 aliphatic carbocycles. The van der Waals surface area contributed by atoms with Crippen molar-refractivity contribution in [1.82, 2.24) is 19.9 Å². The summed E-state index contributed by atoms with van der Waals surface area (Å²) in [6.45, 7) is 0. The lowest BCUT2D eigenvalue weighted by Crippen LogP contribution is -2.14. The first-order chi connectivity index (χ1) is 21.6. The largest absolute Gasteiger partial charge is 0.481 e. The van der Waals surface area contributed by atoms with Gasteiger partial charge < -0.3 is 42.2 Å². The van der Waals surface area contributed by atoms with E-state index >= 15 is 0 Å². The van der Waals surface area contributed by atoms with E-state index in [9.17, 15) is 9.36 Å². The van der Waals surface area contributed by atoms with Crippen LogP contribution >= 0.6 is 23.5 Å². The highest BCUT2D eigenvalue weighted by atomic mass is 79.9. The van der Waals surface area contributed by atoms with Gasteiger partial charge in [0, 0.05) is 24.3 Å². The smallest absolute Gasteiger partial charge is 0.351 e. The summed E-state index contributed by atoms with van der Waals surface area (Å²) in [5.41, 5.74) is -0.0865. The van der Waals surface area contributed by atoms with E-state index in [-0.39, 0.29) is 70.1 Å². The second kappa shape index (κ2) is 15.0. The molecule has 15 nitrogen and oxygen atoms in total. The Bertz CT molecular complexity index is 1660. The highest BCUT2D eigenvalue weighted by Crippen LogP contribution is 2.52. The van der Waals surface area contributed by atoms with E-state index in [0.717, 1.165) is 4.47 Å². The maximum absolute atomic E-state index is 14.0. The number of aromatic nitrogens is 4. The molecule has 0 unspecified atom stereocenters. The summed E-state index contributed by atoms with van der Waals surface area (Å²) >= 11 is 3.35. The van der Waals surface area contributed by atoms with E-state index in [1.165, 1.54) is 66.9 Å². The monoisotopic (exact) mass is 706 g/mol. The summed E-state index contributed by atoms with van der Waals surface area (Å²) in [6, 6.07) is 11.8. The first-order valence-corrected chi connectivity index (χ1v) is 15.3. The van der Waals surface area contributed by atoms with E-state index in [2.05, 4.69) is 35.9 Å². The van der Waals surface area contributed by atoms with Gasteiger partial charge in [-0.05, 0) is 30.3 Å². The van der Waals surface area contributed by atoms with Gasteiger partial charge in [0.2, 0.25) is 23.5 Å². The highest BCUT2D eigenvalue weighted by molar-refractivity contribution is 9.10. The van der Waals surface area contributed by atoms with Crippen LogP contribution in [0.25, 0.3) is 0 Å². The number of rotatable bonds is 14. The fourth-order valence-electron chi connectivity index (χ4n) is 3.67. The summed E-state index contributed by atoms with van der Waals surface area (Å²) < 4.78 is 63.1. The molecule has 0 saturated carbocycles. The van der Waals surface area contributed by atoms with E-state index in [1.54, 1.807) is 24.3 Å². The van der Waals surface area contributed by atoms with Crippen molar-refractivity contribution in [3.05, 3.63) is 64.1 Å². The Balaban J connectivity index is 1.95. The van der Waals surface area contributed by atoms with Crippen molar-refractivity contribution < 1.29 is 51.6 Å². The second-order valence-corrected chi connectivity index (χ2v) is 11.8. The molecule has 0 fully saturated rings. The van der Waals surface area contributed by atoms with Crippen molar-refractivity contribution in [3.8, 4) is 52.8 Å². The number of methoxy groups -OCH3 is 4. The van der Waals surface area contributed by atoms with Gasteiger partial charge in [-0.2, -0.15) is 19.9 Å². The first kappa shape index (κ1) is 33.4. The minimum atomic E-state index is -3.72. The highest BCUT2D eigenvalue weighted by Gasteiger charge is 2.31. The van der Waals surface area contributed by atoms with Crippen molar-refractivity contribution in [2.24, 2.45) is 0 Å². The molecule has 0 N–H and O–H groups in total. The van der Waals surface area contributed by atoms with Crippen LogP contribution in [0.1, 0.15) is 15.9 Å². The van der Waals surface area contributed by atoms with E-state index in [4.69, 9.17) is 42.2 Å². The molecular weight excluding hydrogens is 679 g/mol. The number of nitrogens with zero attached hydrogens (tertiary/aromatic N) is 4. The predicted octanol–water partition coefficient (Wildman–Crippen LogP) is 5.85. The Hall–Kier alpha value is -4.50. The van der Waals surface area contributed by atoms with E-state index in [0.29, 0.717) is 0 Å². The third kappa shape index (κ3) is 8.36. The Morgan fingerprint density at radius 1 is 0.711 bits per heavy atom. The molecule has 0 aliphatic heterocycles. The van der Waals surface area contributed by atoms with Gasteiger partial charge in [-0.15, -0.1) is 0 Å². The molecule has 0 aliphatic rings. The Kier molecular flexibility index (Phi) is 11.1. The molecule has 17 heteroatoms. The van der Waals surface area contributed by atoms with Gasteiger partial charge in [-0.25, -0.2) is 4.79 Å². The van der Waals surface area contributed by atoms with Gasteiger partial charge >= 0.3 is 25.6 Å². The number of carbonyl (C=O) groups is 1. The molecule has 2 heterocycles. The molecule has 0 amide bonds. The molecule has 2 aromatic heterocycles. The van der Waals surface area contributed by atoms with Crippen LogP contribution < -0.4 is 33.2 Å². The Morgan fingerprint density at radius 3 is 1.67 bits per heavy atom. The maximum Gasteiger partial charge on any atom is 0.351 e. The Morgan fingerprint density at radius 2 is 1.20 bits per heavy atom. The van der Waals surface area contributed by atoms with E-state index < -0.39 is 13.6 Å². The molecule has 4 rings (SSSR count). The molecule has 45 heavy (non-hydrogen) atoms. The van der Waals surface area contributed by atoms with Crippen molar-refractivity contribution in [2.45, 2.75) is 6.16 Å². The van der Waals surface area contributed by atoms with Gasteiger partial charge in [-0.1, -0.05) is 22.0 Å². The number of halogens is 1. The minimum absolute atomic E-state index is 0.0983. The summed E-state index contributed by atoms with van der Waals surface area (Å²) in [4.78, 5) is 30.7. The van der Waals surface area contributed by atoms with Crippen molar-refractivity contribution >= 4 is 29.5 Å². The summed E-state index contributed by atoms with van der Waals surface area (Å²) in [5, 5.41) is 0. The standard InChI is InChI=1S/C28H28BrN4O11P/c1-36-20-13-21(37-2)31-27(30-20)43-19-12-7-16(15-45(35,40-5)41-6)25(44-28-32-22(38-3)14-23(33-28)39-4)24(19)26(34)42-18-10-8-17(29)9-11-18/h7-14H,15H2,1-6H3. The predicted molar refractivity (Wildman–Crippen MR) is 161 cm³/mol. The molecule has 238 valence electrons. The molecule has 4 aromatic rings. The number of ether oxygens (including phenoxy) is 7. The average molecular weight is 707 g/mol. The maximum atomic E-state index is 14.0. The van der Waals surface area contributed by atoms with Crippen molar-refractivity contribution in [3.63, 3.8) is 0 Å². The van der Waals surface area contributed by atoms with Gasteiger partial charge in [0.25, 0.3) is 0 Å². The first-order valence-electron chi connectivity index (χ1n) is 12.8. The summed E-state index contributed by atoms with van der Waals surface area (Å²) in [5.74, 6) is -0.604. The molecule has 0 saturated heterocycles. The second-order valence-electron chi connectivity index (χ2n) is 8.58. The van der Waals surface area contributed by atoms with Crippen molar-refractivity contribution in [2.75, 3.05) is 42.7 Å². The topological polar surface area (TPSA) is 169 Å². The van der Waals surface area contributed by atoms with Crippen LogP contribution in [0.3, 0.4) is 0 Å². The fraction of sp³-hybridized carbons (Fsp3) is 0.250. The number of hydrogen-bond acceptors (Lipinski definition) is 15. The molecule has 0 bridgehead atoms. The zero-order valence-electron chi connectivity index (χ0n) is 24.9.